The molecule has 130 valence electrons. The van der Waals surface area contributed by atoms with E-state index in [0.717, 1.165) is 16.7 Å². The number of ether oxygens (including phenoxy) is 2. The van der Waals surface area contributed by atoms with Gasteiger partial charge in [0, 0.05) is 0 Å². The van der Waals surface area contributed by atoms with Crippen LogP contribution in [0.5, 0.6) is 5.75 Å². The lowest BCUT2D eigenvalue weighted by Crippen LogP contribution is -2.11. The number of epoxide rings is 1. The Hall–Kier alpha value is -2.91. The molecule has 0 saturated carbocycles. The molecule has 3 aromatic carbocycles. The summed E-state index contributed by atoms with van der Waals surface area (Å²) in [4.78, 5) is 13.0. The number of rotatable bonds is 6. The Morgan fingerprint density at radius 2 is 1.65 bits per heavy atom. The number of hydrogen-bond acceptors (Lipinski definition) is 3. The topological polar surface area (TPSA) is 38.8 Å². The molecule has 26 heavy (non-hydrogen) atoms. The van der Waals surface area contributed by atoms with Crippen molar-refractivity contribution in [3.05, 3.63) is 101 Å². The van der Waals surface area contributed by atoms with Gasteiger partial charge in [0.2, 0.25) is 0 Å². The van der Waals surface area contributed by atoms with Crippen LogP contribution in [0.3, 0.4) is 0 Å². The van der Waals surface area contributed by atoms with Crippen molar-refractivity contribution in [2.45, 2.75) is 25.7 Å². The van der Waals surface area contributed by atoms with Gasteiger partial charge >= 0.3 is 0 Å². The molecule has 0 radical (unpaired) electrons. The number of Topliss-reactive ketones (excluding diaryl/α,β-unsaturated/α-hetero) is 1. The maximum Gasteiger partial charge on any atom is 0.198 e. The lowest BCUT2D eigenvalue weighted by atomic mass is 10.0. The molecule has 2 unspecified atom stereocenters. The summed E-state index contributed by atoms with van der Waals surface area (Å²) in [5.74, 6) is 0.581. The maximum atomic E-state index is 13.0. The fourth-order valence-electron chi connectivity index (χ4n) is 3.06. The van der Waals surface area contributed by atoms with Crippen molar-refractivity contribution >= 4 is 5.78 Å². The number of hydrogen-bond donors (Lipinski definition) is 0. The normalized spacial score (nSPS) is 18.3. The minimum Gasteiger partial charge on any atom is -0.488 e. The molecule has 4 rings (SSSR count). The monoisotopic (exact) mass is 344 g/mol. The van der Waals surface area contributed by atoms with Crippen molar-refractivity contribution in [1.29, 1.82) is 0 Å². The van der Waals surface area contributed by atoms with Crippen LogP contribution in [0.2, 0.25) is 0 Å². The number of carbonyl (C=O) groups is 1. The second-order valence-electron chi connectivity index (χ2n) is 6.53. The van der Waals surface area contributed by atoms with Crippen LogP contribution in [0, 0.1) is 6.92 Å². The molecule has 3 aromatic rings. The molecule has 1 heterocycles. The summed E-state index contributed by atoms with van der Waals surface area (Å²) in [6.45, 7) is 2.40. The quantitative estimate of drug-likeness (QED) is 0.472. The van der Waals surface area contributed by atoms with Crippen LogP contribution >= 0.6 is 0 Å². The van der Waals surface area contributed by atoms with Gasteiger partial charge in [0.25, 0.3) is 0 Å². The lowest BCUT2D eigenvalue weighted by Gasteiger charge is -2.11. The summed E-state index contributed by atoms with van der Waals surface area (Å²) in [5, 5.41) is 0. The van der Waals surface area contributed by atoms with Crippen LogP contribution in [-0.2, 0) is 11.3 Å². The van der Waals surface area contributed by atoms with Gasteiger partial charge in [-0.1, -0.05) is 72.3 Å². The van der Waals surface area contributed by atoms with Crippen molar-refractivity contribution in [2.24, 2.45) is 0 Å². The molecule has 1 aliphatic heterocycles. The van der Waals surface area contributed by atoms with Crippen LogP contribution in [0.25, 0.3) is 0 Å². The Labute approximate surface area is 153 Å². The second kappa shape index (κ2) is 7.14. The third-order valence-electron chi connectivity index (χ3n) is 4.52. The summed E-state index contributed by atoms with van der Waals surface area (Å²) < 4.78 is 11.6. The molecule has 1 aliphatic rings. The van der Waals surface area contributed by atoms with E-state index < -0.39 is 6.10 Å². The van der Waals surface area contributed by atoms with E-state index in [2.05, 4.69) is 0 Å². The first-order valence-electron chi connectivity index (χ1n) is 8.74. The van der Waals surface area contributed by atoms with E-state index in [0.29, 0.717) is 17.9 Å². The van der Waals surface area contributed by atoms with Crippen molar-refractivity contribution < 1.29 is 14.3 Å². The van der Waals surface area contributed by atoms with Gasteiger partial charge in [-0.2, -0.15) is 0 Å². The van der Waals surface area contributed by atoms with E-state index in [-0.39, 0.29) is 11.9 Å². The first kappa shape index (κ1) is 16.6. The molecule has 0 aliphatic carbocycles. The zero-order valence-corrected chi connectivity index (χ0v) is 14.6. The summed E-state index contributed by atoms with van der Waals surface area (Å²) in [6.07, 6.45) is -0.593. The van der Waals surface area contributed by atoms with Crippen LogP contribution in [0.15, 0.2) is 78.9 Å². The molecule has 0 amide bonds. The highest BCUT2D eigenvalue weighted by Gasteiger charge is 2.46. The lowest BCUT2D eigenvalue weighted by molar-refractivity contribution is 0.0949. The largest absolute Gasteiger partial charge is 0.488 e. The molecule has 0 bridgehead atoms. The predicted octanol–water partition coefficient (Wildman–Crippen LogP) is 4.90. The Morgan fingerprint density at radius 3 is 2.38 bits per heavy atom. The third kappa shape index (κ3) is 3.53. The molecule has 1 fully saturated rings. The molecule has 0 spiro atoms. The molecule has 1 saturated heterocycles. The highest BCUT2D eigenvalue weighted by molar-refractivity contribution is 6.03. The molecular formula is C23H20O3. The second-order valence-corrected chi connectivity index (χ2v) is 6.53. The summed E-state index contributed by atoms with van der Waals surface area (Å²) in [7, 11) is 0. The van der Waals surface area contributed by atoms with Crippen molar-refractivity contribution in [2.75, 3.05) is 0 Å². The Bertz CT molecular complexity index is 903. The molecule has 2 atom stereocenters. The zero-order chi connectivity index (χ0) is 17.9. The summed E-state index contributed by atoms with van der Waals surface area (Å²) >= 11 is 0. The van der Waals surface area contributed by atoms with Gasteiger partial charge in [-0.15, -0.1) is 0 Å². The highest BCUT2D eigenvalue weighted by atomic mass is 16.6. The van der Waals surface area contributed by atoms with Gasteiger partial charge in [-0.25, -0.2) is 0 Å². The Balaban J connectivity index is 1.52. The van der Waals surface area contributed by atoms with Crippen molar-refractivity contribution in [3.63, 3.8) is 0 Å². The SMILES string of the molecule is Cc1ccc(OCc2ccccc2)c(C(=O)C2OC2c2ccccc2)c1. The van der Waals surface area contributed by atoms with Crippen molar-refractivity contribution in [3.8, 4) is 5.75 Å². The fraction of sp³-hybridized carbons (Fsp3) is 0.174. The number of aryl methyl sites for hydroxylation is 1. The maximum absolute atomic E-state index is 13.0. The van der Waals surface area contributed by atoms with E-state index in [9.17, 15) is 4.79 Å². The predicted molar refractivity (Wildman–Crippen MR) is 100 cm³/mol. The zero-order valence-electron chi connectivity index (χ0n) is 14.6. The molecule has 3 nitrogen and oxygen atoms in total. The van der Waals surface area contributed by atoms with Gasteiger partial charge < -0.3 is 9.47 Å². The first-order chi connectivity index (χ1) is 12.7. The summed E-state index contributed by atoms with van der Waals surface area (Å²) in [6, 6.07) is 25.5. The molecule has 0 N–H and O–H groups in total. The van der Waals surface area contributed by atoms with Gasteiger partial charge in [-0.05, 0) is 30.2 Å². The molecular weight excluding hydrogens is 324 g/mol. The number of ketones is 1. The van der Waals surface area contributed by atoms with Gasteiger partial charge in [0.05, 0.1) is 5.56 Å². The van der Waals surface area contributed by atoms with E-state index in [1.807, 2.05) is 85.8 Å². The third-order valence-corrected chi connectivity index (χ3v) is 4.52. The van der Waals surface area contributed by atoms with Gasteiger partial charge in [0.15, 0.2) is 11.9 Å². The van der Waals surface area contributed by atoms with Gasteiger partial charge in [-0.3, -0.25) is 4.79 Å². The average molecular weight is 344 g/mol. The van der Waals surface area contributed by atoms with Crippen LogP contribution < -0.4 is 4.74 Å². The Kier molecular flexibility index (Phi) is 4.55. The number of benzene rings is 3. The molecule has 3 heteroatoms. The fourth-order valence-corrected chi connectivity index (χ4v) is 3.06. The van der Waals surface area contributed by atoms with Crippen LogP contribution in [-0.4, -0.2) is 11.9 Å². The van der Waals surface area contributed by atoms with Crippen LogP contribution in [0.1, 0.15) is 33.2 Å². The standard InChI is InChI=1S/C23H20O3/c1-16-12-13-20(25-15-17-8-4-2-5-9-17)19(14-16)21(24)23-22(26-23)18-10-6-3-7-11-18/h2-14,22-23H,15H2,1H3. The summed E-state index contributed by atoms with van der Waals surface area (Å²) in [5.41, 5.74) is 3.71. The first-order valence-corrected chi connectivity index (χ1v) is 8.74. The van der Waals surface area contributed by atoms with E-state index in [1.165, 1.54) is 0 Å². The minimum atomic E-state index is -0.432. The Morgan fingerprint density at radius 1 is 0.962 bits per heavy atom. The highest BCUT2D eigenvalue weighted by Crippen LogP contribution is 2.41. The van der Waals surface area contributed by atoms with E-state index in [1.54, 1.807) is 0 Å². The smallest absolute Gasteiger partial charge is 0.198 e. The van der Waals surface area contributed by atoms with E-state index >= 15 is 0 Å². The average Bonchev–Trinajstić information content (AvgIpc) is 3.49. The van der Waals surface area contributed by atoms with Crippen LogP contribution in [0.4, 0.5) is 0 Å². The number of carbonyl (C=O) groups excluding carboxylic acids is 1. The molecule has 0 aromatic heterocycles. The van der Waals surface area contributed by atoms with E-state index in [4.69, 9.17) is 9.47 Å². The van der Waals surface area contributed by atoms with Gasteiger partial charge in [0.1, 0.15) is 18.5 Å². The van der Waals surface area contributed by atoms with Crippen molar-refractivity contribution in [1.82, 2.24) is 0 Å². The minimum absolute atomic E-state index is 0.0226.